The molecule has 0 saturated heterocycles. The summed E-state index contributed by atoms with van der Waals surface area (Å²) in [7, 11) is 0. The average Bonchev–Trinajstić information content (AvgIpc) is 3.05. The molecule has 1 N–H and O–H groups in total. The van der Waals surface area contributed by atoms with Crippen LogP contribution >= 0.6 is 11.3 Å². The largest absolute Gasteiger partial charge is 0.491 e. The van der Waals surface area contributed by atoms with Crippen LogP contribution in [-0.4, -0.2) is 16.0 Å². The Kier molecular flexibility index (Phi) is 4.10. The molecule has 0 amide bonds. The number of imidazole rings is 1. The van der Waals surface area contributed by atoms with E-state index in [2.05, 4.69) is 40.1 Å². The van der Waals surface area contributed by atoms with Crippen LogP contribution in [0.2, 0.25) is 0 Å². The van der Waals surface area contributed by atoms with E-state index in [1.807, 2.05) is 24.3 Å². The second-order valence-corrected chi connectivity index (χ2v) is 5.77. The number of thiazole rings is 1. The minimum Gasteiger partial charge on any atom is -0.491 e. The lowest BCUT2D eigenvalue weighted by Crippen LogP contribution is -2.06. The SMILES string of the molecule is CCCOc1ccccc1NCc1c(C)nc2sccn12. The van der Waals surface area contributed by atoms with E-state index >= 15 is 0 Å². The van der Waals surface area contributed by atoms with E-state index in [4.69, 9.17) is 4.74 Å². The van der Waals surface area contributed by atoms with Crippen molar-refractivity contribution in [3.8, 4) is 5.75 Å². The van der Waals surface area contributed by atoms with E-state index in [9.17, 15) is 0 Å². The summed E-state index contributed by atoms with van der Waals surface area (Å²) in [5, 5.41) is 5.53. The van der Waals surface area contributed by atoms with E-state index in [0.717, 1.165) is 41.7 Å². The molecule has 2 heterocycles. The van der Waals surface area contributed by atoms with Crippen LogP contribution in [-0.2, 0) is 6.54 Å². The summed E-state index contributed by atoms with van der Waals surface area (Å²) in [6.45, 7) is 5.63. The predicted molar refractivity (Wildman–Crippen MR) is 87.4 cm³/mol. The van der Waals surface area contributed by atoms with Crippen molar-refractivity contribution in [3.63, 3.8) is 0 Å². The molecule has 1 aromatic carbocycles. The van der Waals surface area contributed by atoms with Gasteiger partial charge in [-0.1, -0.05) is 19.1 Å². The Morgan fingerprint density at radius 3 is 3.05 bits per heavy atom. The molecule has 0 fully saturated rings. The van der Waals surface area contributed by atoms with Gasteiger partial charge in [-0.2, -0.15) is 0 Å². The summed E-state index contributed by atoms with van der Waals surface area (Å²) in [4.78, 5) is 5.61. The van der Waals surface area contributed by atoms with Crippen molar-refractivity contribution >= 4 is 22.0 Å². The first kappa shape index (κ1) is 13.9. The van der Waals surface area contributed by atoms with Crippen LogP contribution < -0.4 is 10.1 Å². The number of aryl methyl sites for hydroxylation is 1. The number of rotatable bonds is 6. The molecule has 3 aromatic rings. The monoisotopic (exact) mass is 301 g/mol. The Hall–Kier alpha value is -2.01. The van der Waals surface area contributed by atoms with Gasteiger partial charge in [0.1, 0.15) is 5.75 Å². The summed E-state index contributed by atoms with van der Waals surface area (Å²) in [5.74, 6) is 0.906. The fraction of sp³-hybridized carbons (Fsp3) is 0.312. The van der Waals surface area contributed by atoms with Crippen LogP contribution in [0, 0.1) is 6.92 Å². The van der Waals surface area contributed by atoms with Crippen molar-refractivity contribution in [2.45, 2.75) is 26.8 Å². The molecule has 0 saturated carbocycles. The molecule has 110 valence electrons. The number of aromatic nitrogens is 2. The molecular formula is C16H19N3OS. The van der Waals surface area contributed by atoms with E-state index in [1.54, 1.807) is 11.3 Å². The Bertz CT molecular complexity index is 732. The summed E-state index contributed by atoms with van der Waals surface area (Å²) in [6, 6.07) is 8.06. The molecular weight excluding hydrogens is 282 g/mol. The van der Waals surface area contributed by atoms with Gasteiger partial charge in [0, 0.05) is 11.6 Å². The first-order chi connectivity index (χ1) is 10.3. The molecule has 0 bridgehead atoms. The third-order valence-corrected chi connectivity index (χ3v) is 4.11. The highest BCUT2D eigenvalue weighted by molar-refractivity contribution is 7.15. The quantitative estimate of drug-likeness (QED) is 0.745. The molecule has 0 aliphatic rings. The van der Waals surface area contributed by atoms with Crippen LogP contribution in [0.1, 0.15) is 24.7 Å². The van der Waals surface area contributed by atoms with Gasteiger partial charge >= 0.3 is 0 Å². The van der Waals surface area contributed by atoms with Crippen LogP contribution in [0.15, 0.2) is 35.8 Å². The number of fused-ring (bicyclic) bond motifs is 1. The highest BCUT2D eigenvalue weighted by atomic mass is 32.1. The maximum absolute atomic E-state index is 5.78. The van der Waals surface area contributed by atoms with Crippen molar-refractivity contribution in [2.75, 3.05) is 11.9 Å². The number of anilines is 1. The highest BCUT2D eigenvalue weighted by Gasteiger charge is 2.10. The van der Waals surface area contributed by atoms with Gasteiger partial charge in [0.15, 0.2) is 4.96 Å². The number of para-hydroxylation sites is 2. The van der Waals surface area contributed by atoms with Crippen LogP contribution in [0.3, 0.4) is 0 Å². The van der Waals surface area contributed by atoms with Crippen LogP contribution in [0.25, 0.3) is 4.96 Å². The number of hydrogen-bond acceptors (Lipinski definition) is 4. The van der Waals surface area contributed by atoms with Gasteiger partial charge in [0.2, 0.25) is 0 Å². The van der Waals surface area contributed by atoms with E-state index in [1.165, 1.54) is 5.69 Å². The molecule has 3 rings (SSSR count). The molecule has 5 heteroatoms. The second-order valence-electron chi connectivity index (χ2n) is 4.90. The number of nitrogens with one attached hydrogen (secondary N) is 1. The maximum atomic E-state index is 5.78. The molecule has 21 heavy (non-hydrogen) atoms. The third-order valence-electron chi connectivity index (χ3n) is 3.36. The third kappa shape index (κ3) is 2.88. The van der Waals surface area contributed by atoms with Gasteiger partial charge in [-0.25, -0.2) is 4.98 Å². The topological polar surface area (TPSA) is 38.6 Å². The standard InChI is InChI=1S/C16H19N3OS/c1-3-9-20-15-7-5-4-6-13(15)17-11-14-12(2)18-16-19(14)8-10-21-16/h4-8,10,17H,3,9,11H2,1-2H3. The minimum atomic E-state index is 0.732. The van der Waals surface area contributed by atoms with Gasteiger partial charge in [-0.3, -0.25) is 4.40 Å². The van der Waals surface area contributed by atoms with Gasteiger partial charge in [-0.15, -0.1) is 11.3 Å². The highest BCUT2D eigenvalue weighted by Crippen LogP contribution is 2.25. The fourth-order valence-corrected chi connectivity index (χ4v) is 3.06. The van der Waals surface area contributed by atoms with Crippen LogP contribution in [0.5, 0.6) is 5.75 Å². The number of hydrogen-bond donors (Lipinski definition) is 1. The first-order valence-corrected chi connectivity index (χ1v) is 8.04. The minimum absolute atomic E-state index is 0.732. The van der Waals surface area contributed by atoms with Crippen molar-refractivity contribution in [2.24, 2.45) is 0 Å². The molecule has 0 unspecified atom stereocenters. The maximum Gasteiger partial charge on any atom is 0.194 e. The molecule has 0 spiro atoms. The van der Waals surface area contributed by atoms with E-state index in [0.29, 0.717) is 0 Å². The summed E-state index contributed by atoms with van der Waals surface area (Å²) in [6.07, 6.45) is 3.07. The lowest BCUT2D eigenvalue weighted by atomic mass is 10.2. The predicted octanol–water partition coefficient (Wildman–Crippen LogP) is 4.11. The van der Waals surface area contributed by atoms with E-state index in [-0.39, 0.29) is 0 Å². The van der Waals surface area contributed by atoms with Crippen molar-refractivity contribution in [1.82, 2.24) is 9.38 Å². The summed E-state index contributed by atoms with van der Waals surface area (Å²) < 4.78 is 7.92. The van der Waals surface area contributed by atoms with Crippen molar-refractivity contribution < 1.29 is 4.74 Å². The van der Waals surface area contributed by atoms with Crippen molar-refractivity contribution in [1.29, 1.82) is 0 Å². The molecule has 0 radical (unpaired) electrons. The molecule has 4 nitrogen and oxygen atoms in total. The number of ether oxygens (including phenoxy) is 1. The van der Waals surface area contributed by atoms with Crippen molar-refractivity contribution in [3.05, 3.63) is 47.2 Å². The first-order valence-electron chi connectivity index (χ1n) is 7.16. The molecule has 0 atom stereocenters. The lowest BCUT2D eigenvalue weighted by Gasteiger charge is -2.12. The number of benzene rings is 1. The van der Waals surface area contributed by atoms with Crippen LogP contribution in [0.4, 0.5) is 5.69 Å². The lowest BCUT2D eigenvalue weighted by molar-refractivity contribution is 0.319. The normalized spacial score (nSPS) is 11.0. The zero-order valence-electron chi connectivity index (χ0n) is 12.3. The molecule has 0 aliphatic carbocycles. The Labute approximate surface area is 128 Å². The zero-order valence-corrected chi connectivity index (χ0v) is 13.1. The smallest absolute Gasteiger partial charge is 0.194 e. The van der Waals surface area contributed by atoms with Gasteiger partial charge in [0.05, 0.1) is 30.2 Å². The fourth-order valence-electron chi connectivity index (χ4n) is 2.28. The Balaban J connectivity index is 1.78. The second kappa shape index (κ2) is 6.18. The Morgan fingerprint density at radius 1 is 1.33 bits per heavy atom. The zero-order chi connectivity index (χ0) is 14.7. The summed E-state index contributed by atoms with van der Waals surface area (Å²) in [5.41, 5.74) is 3.29. The summed E-state index contributed by atoms with van der Waals surface area (Å²) >= 11 is 1.66. The van der Waals surface area contributed by atoms with Gasteiger partial charge < -0.3 is 10.1 Å². The Morgan fingerprint density at radius 2 is 2.19 bits per heavy atom. The van der Waals surface area contributed by atoms with Gasteiger partial charge in [0.25, 0.3) is 0 Å². The van der Waals surface area contributed by atoms with E-state index < -0.39 is 0 Å². The van der Waals surface area contributed by atoms with Gasteiger partial charge in [-0.05, 0) is 25.5 Å². The average molecular weight is 301 g/mol. The number of nitrogens with zero attached hydrogens (tertiary/aromatic N) is 2. The molecule has 2 aromatic heterocycles. The molecule has 0 aliphatic heterocycles.